The largest absolute Gasteiger partial charge is 0.0834 e. The zero-order valence-electron chi connectivity index (χ0n) is 11.9. The van der Waals surface area contributed by atoms with Gasteiger partial charge in [-0.05, 0) is 46.2 Å². The standard InChI is InChI=1S/C20H14Cl2/c21-19-15(11-13-5-1-3-7-17(13)19)9-10-16-12-14-6-2-4-8-18(14)20(16)22/h1-10H,11-12H2/b10-9+. The highest BCUT2D eigenvalue weighted by Crippen LogP contribution is 2.38. The second kappa shape index (κ2) is 5.46. The van der Waals surface area contributed by atoms with E-state index in [0.29, 0.717) is 0 Å². The first-order valence-electron chi connectivity index (χ1n) is 7.36. The van der Waals surface area contributed by atoms with Crippen LogP contribution in [0.5, 0.6) is 0 Å². The van der Waals surface area contributed by atoms with Gasteiger partial charge in [0.05, 0.1) is 10.1 Å². The Bertz CT molecular complexity index is 782. The third-order valence-electron chi connectivity index (χ3n) is 4.32. The van der Waals surface area contributed by atoms with E-state index in [9.17, 15) is 0 Å². The van der Waals surface area contributed by atoms with Crippen molar-refractivity contribution in [3.8, 4) is 0 Å². The first-order chi connectivity index (χ1) is 10.7. The summed E-state index contributed by atoms with van der Waals surface area (Å²) < 4.78 is 0. The topological polar surface area (TPSA) is 0 Å². The van der Waals surface area contributed by atoms with Crippen LogP contribution in [0.15, 0.2) is 71.8 Å². The molecular weight excluding hydrogens is 311 g/mol. The smallest absolute Gasteiger partial charge is 0.0516 e. The first kappa shape index (κ1) is 13.9. The lowest BCUT2D eigenvalue weighted by Crippen LogP contribution is -1.83. The average Bonchev–Trinajstić information content (AvgIpc) is 3.04. The second-order valence-corrected chi connectivity index (χ2v) is 6.44. The summed E-state index contributed by atoms with van der Waals surface area (Å²) in [6.07, 6.45) is 6.02. The molecule has 0 heterocycles. The number of hydrogen-bond donors (Lipinski definition) is 0. The van der Waals surface area contributed by atoms with E-state index in [1.54, 1.807) is 0 Å². The molecule has 0 nitrogen and oxygen atoms in total. The Morgan fingerprint density at radius 3 is 1.45 bits per heavy atom. The van der Waals surface area contributed by atoms with Crippen LogP contribution in [0.25, 0.3) is 10.1 Å². The van der Waals surface area contributed by atoms with Gasteiger partial charge in [0, 0.05) is 0 Å². The van der Waals surface area contributed by atoms with Crippen LogP contribution in [-0.4, -0.2) is 0 Å². The van der Waals surface area contributed by atoms with Gasteiger partial charge in [-0.3, -0.25) is 0 Å². The number of halogens is 2. The van der Waals surface area contributed by atoms with Gasteiger partial charge in [-0.25, -0.2) is 0 Å². The van der Waals surface area contributed by atoms with E-state index in [1.807, 2.05) is 12.1 Å². The molecule has 22 heavy (non-hydrogen) atoms. The third kappa shape index (κ3) is 2.24. The van der Waals surface area contributed by atoms with Crippen molar-refractivity contribution in [3.63, 3.8) is 0 Å². The summed E-state index contributed by atoms with van der Waals surface area (Å²) in [5, 5.41) is 1.72. The van der Waals surface area contributed by atoms with E-state index in [2.05, 4.69) is 48.6 Å². The number of allylic oxidation sites excluding steroid dienone is 4. The van der Waals surface area contributed by atoms with Crippen LogP contribution in [0.4, 0.5) is 0 Å². The van der Waals surface area contributed by atoms with Gasteiger partial charge >= 0.3 is 0 Å². The third-order valence-corrected chi connectivity index (χ3v) is 5.21. The monoisotopic (exact) mass is 324 g/mol. The lowest BCUT2D eigenvalue weighted by atomic mass is 10.1. The zero-order valence-corrected chi connectivity index (χ0v) is 13.5. The van der Waals surface area contributed by atoms with Crippen LogP contribution >= 0.6 is 23.2 Å². The predicted molar refractivity (Wildman–Crippen MR) is 95.0 cm³/mol. The molecule has 0 N–H and O–H groups in total. The van der Waals surface area contributed by atoms with Crippen molar-refractivity contribution in [1.29, 1.82) is 0 Å². The molecule has 0 saturated heterocycles. The highest BCUT2D eigenvalue weighted by Gasteiger charge is 2.20. The Morgan fingerprint density at radius 2 is 1.05 bits per heavy atom. The number of benzene rings is 2. The van der Waals surface area contributed by atoms with E-state index in [-0.39, 0.29) is 0 Å². The summed E-state index contributed by atoms with van der Waals surface area (Å²) in [6, 6.07) is 16.6. The minimum absolute atomic E-state index is 0.860. The highest BCUT2D eigenvalue weighted by molar-refractivity contribution is 6.50. The minimum Gasteiger partial charge on any atom is -0.0834 e. The van der Waals surface area contributed by atoms with Crippen molar-refractivity contribution in [3.05, 3.63) is 94.1 Å². The van der Waals surface area contributed by atoms with Crippen molar-refractivity contribution in [2.45, 2.75) is 12.8 Å². The van der Waals surface area contributed by atoms with Crippen LogP contribution in [0.3, 0.4) is 0 Å². The summed E-state index contributed by atoms with van der Waals surface area (Å²) in [6.45, 7) is 0. The van der Waals surface area contributed by atoms with Crippen molar-refractivity contribution in [1.82, 2.24) is 0 Å². The molecule has 0 saturated carbocycles. The predicted octanol–water partition coefficient (Wildman–Crippen LogP) is 5.96. The van der Waals surface area contributed by atoms with Crippen LogP contribution in [-0.2, 0) is 12.8 Å². The molecule has 0 fully saturated rings. The molecule has 0 atom stereocenters. The molecule has 0 radical (unpaired) electrons. The fourth-order valence-corrected chi connectivity index (χ4v) is 3.78. The Labute approximate surface area is 140 Å². The van der Waals surface area contributed by atoms with Crippen LogP contribution in [0.1, 0.15) is 22.3 Å². The van der Waals surface area contributed by atoms with Gasteiger partial charge < -0.3 is 0 Å². The molecule has 0 spiro atoms. The van der Waals surface area contributed by atoms with E-state index in [0.717, 1.165) is 45.2 Å². The van der Waals surface area contributed by atoms with Crippen LogP contribution in [0.2, 0.25) is 0 Å². The first-order valence-corrected chi connectivity index (χ1v) is 8.11. The molecule has 0 aliphatic heterocycles. The molecule has 2 aromatic rings. The Hall–Kier alpha value is -1.76. The lowest BCUT2D eigenvalue weighted by molar-refractivity contribution is 1.22. The maximum atomic E-state index is 6.50. The van der Waals surface area contributed by atoms with E-state index in [4.69, 9.17) is 23.2 Å². The van der Waals surface area contributed by atoms with E-state index < -0.39 is 0 Å². The number of rotatable bonds is 2. The van der Waals surface area contributed by atoms with Gasteiger partial charge in [0.25, 0.3) is 0 Å². The van der Waals surface area contributed by atoms with E-state index >= 15 is 0 Å². The van der Waals surface area contributed by atoms with Crippen molar-refractivity contribution in [2.24, 2.45) is 0 Å². The molecule has 0 bridgehead atoms. The average molecular weight is 325 g/mol. The molecular formula is C20H14Cl2. The maximum absolute atomic E-state index is 6.50. The molecule has 0 unspecified atom stereocenters. The summed E-state index contributed by atoms with van der Waals surface area (Å²) in [7, 11) is 0. The summed E-state index contributed by atoms with van der Waals surface area (Å²) in [5.41, 5.74) is 7.22. The second-order valence-electron chi connectivity index (χ2n) is 5.68. The molecule has 2 aliphatic carbocycles. The van der Waals surface area contributed by atoms with Gasteiger partial charge in [0.2, 0.25) is 0 Å². The Morgan fingerprint density at radius 1 is 0.636 bits per heavy atom. The van der Waals surface area contributed by atoms with Gasteiger partial charge in [-0.2, -0.15) is 0 Å². The van der Waals surface area contributed by atoms with Crippen molar-refractivity contribution >= 4 is 33.3 Å². The fraction of sp³-hybridized carbons (Fsp3) is 0.100. The highest BCUT2D eigenvalue weighted by atomic mass is 35.5. The summed E-state index contributed by atoms with van der Waals surface area (Å²) in [4.78, 5) is 0. The van der Waals surface area contributed by atoms with E-state index in [1.165, 1.54) is 11.1 Å². The minimum atomic E-state index is 0.860. The summed E-state index contributed by atoms with van der Waals surface area (Å²) >= 11 is 13.0. The van der Waals surface area contributed by atoms with Crippen LogP contribution < -0.4 is 0 Å². The van der Waals surface area contributed by atoms with Crippen LogP contribution in [0, 0.1) is 0 Å². The molecule has 108 valence electrons. The van der Waals surface area contributed by atoms with Crippen molar-refractivity contribution < 1.29 is 0 Å². The fourth-order valence-electron chi connectivity index (χ4n) is 3.15. The molecule has 2 aromatic carbocycles. The zero-order chi connectivity index (χ0) is 15.1. The lowest BCUT2D eigenvalue weighted by Gasteiger charge is -1.97. The van der Waals surface area contributed by atoms with Gasteiger partial charge in [-0.1, -0.05) is 83.9 Å². The molecule has 0 amide bonds. The molecule has 0 aromatic heterocycles. The van der Waals surface area contributed by atoms with Crippen molar-refractivity contribution in [2.75, 3.05) is 0 Å². The molecule has 2 heteroatoms. The summed E-state index contributed by atoms with van der Waals surface area (Å²) in [5.74, 6) is 0. The molecule has 4 rings (SSSR count). The maximum Gasteiger partial charge on any atom is 0.0516 e. The Kier molecular flexibility index (Phi) is 3.44. The van der Waals surface area contributed by atoms with Gasteiger partial charge in [-0.15, -0.1) is 0 Å². The normalized spacial score (nSPS) is 16.6. The SMILES string of the molecule is ClC1=C(/C=C/C2=C(Cl)c3ccccc3C2)Cc2ccccc21. The van der Waals surface area contributed by atoms with Gasteiger partial charge in [0.15, 0.2) is 0 Å². The van der Waals surface area contributed by atoms with Gasteiger partial charge in [0.1, 0.15) is 0 Å². The number of fused-ring (bicyclic) bond motifs is 2. The quantitative estimate of drug-likeness (QED) is 0.639. The molecule has 2 aliphatic rings. The Balaban J connectivity index is 1.63. The number of hydrogen-bond acceptors (Lipinski definition) is 0.